The first-order chi connectivity index (χ1) is 6.63. The molecule has 14 heavy (non-hydrogen) atoms. The molecule has 0 radical (unpaired) electrons. The highest BCUT2D eigenvalue weighted by molar-refractivity contribution is 5.72. The van der Waals surface area contributed by atoms with Crippen molar-refractivity contribution in [2.75, 3.05) is 13.1 Å². The molecule has 0 bridgehead atoms. The standard InChI is InChI=1S/C7H14N2O.2C2H6/c1-6(2)8-4-5-9-7(3)10;2*1-2/h8H,1,4-5H2,2-3H3,(H,9,10);2*1-2H3. The second-order valence-corrected chi connectivity index (χ2v) is 2.19. The van der Waals surface area contributed by atoms with Crippen LogP contribution in [0.5, 0.6) is 0 Å². The molecule has 0 aromatic heterocycles. The Labute approximate surface area is 89.0 Å². The third-order valence-corrected chi connectivity index (χ3v) is 0.926. The van der Waals surface area contributed by atoms with E-state index in [9.17, 15) is 4.79 Å². The number of carbonyl (C=O) groups is 1. The summed E-state index contributed by atoms with van der Waals surface area (Å²) in [5, 5.41) is 5.65. The monoisotopic (exact) mass is 202 g/mol. The molecule has 2 N–H and O–H groups in total. The molecule has 0 saturated carbocycles. The fourth-order valence-corrected chi connectivity index (χ4v) is 0.514. The van der Waals surface area contributed by atoms with Crippen molar-refractivity contribution in [2.45, 2.75) is 41.5 Å². The van der Waals surface area contributed by atoms with Gasteiger partial charge in [-0.3, -0.25) is 4.79 Å². The summed E-state index contributed by atoms with van der Waals surface area (Å²) in [5.41, 5.74) is 0.922. The first kappa shape index (κ1) is 18.7. The van der Waals surface area contributed by atoms with E-state index in [4.69, 9.17) is 0 Å². The lowest BCUT2D eigenvalue weighted by atomic mass is 10.5. The van der Waals surface area contributed by atoms with E-state index in [2.05, 4.69) is 17.2 Å². The summed E-state index contributed by atoms with van der Waals surface area (Å²) in [5.74, 6) is 0.00325. The maximum Gasteiger partial charge on any atom is 0.216 e. The van der Waals surface area contributed by atoms with Gasteiger partial charge in [0.1, 0.15) is 0 Å². The first-order valence-electron chi connectivity index (χ1n) is 5.26. The topological polar surface area (TPSA) is 41.1 Å². The molecule has 86 valence electrons. The van der Waals surface area contributed by atoms with Crippen LogP contribution < -0.4 is 10.6 Å². The summed E-state index contributed by atoms with van der Waals surface area (Å²) < 4.78 is 0. The van der Waals surface area contributed by atoms with Gasteiger partial charge in [-0.2, -0.15) is 0 Å². The van der Waals surface area contributed by atoms with Crippen molar-refractivity contribution in [3.05, 3.63) is 12.3 Å². The van der Waals surface area contributed by atoms with Gasteiger partial charge in [0.2, 0.25) is 5.91 Å². The van der Waals surface area contributed by atoms with Crippen LogP contribution in [-0.2, 0) is 4.79 Å². The van der Waals surface area contributed by atoms with Gasteiger partial charge in [-0.25, -0.2) is 0 Å². The summed E-state index contributed by atoms with van der Waals surface area (Å²) in [6.45, 7) is 16.4. The normalized spacial score (nSPS) is 7.00. The Morgan fingerprint density at radius 3 is 1.64 bits per heavy atom. The smallest absolute Gasteiger partial charge is 0.216 e. The molecule has 0 aromatic rings. The fraction of sp³-hybridized carbons (Fsp3) is 0.727. The van der Waals surface area contributed by atoms with Crippen molar-refractivity contribution in [2.24, 2.45) is 0 Å². The zero-order valence-electron chi connectivity index (χ0n) is 10.5. The Morgan fingerprint density at radius 1 is 1.00 bits per heavy atom. The van der Waals surface area contributed by atoms with Crippen molar-refractivity contribution in [1.29, 1.82) is 0 Å². The van der Waals surface area contributed by atoms with Crippen LogP contribution in [0.3, 0.4) is 0 Å². The summed E-state index contributed by atoms with van der Waals surface area (Å²) in [6.07, 6.45) is 0. The molecular formula is C11H26N2O. The summed E-state index contributed by atoms with van der Waals surface area (Å²) >= 11 is 0. The summed E-state index contributed by atoms with van der Waals surface area (Å²) in [6, 6.07) is 0. The van der Waals surface area contributed by atoms with E-state index in [1.807, 2.05) is 34.6 Å². The number of hydrogen-bond acceptors (Lipinski definition) is 2. The Morgan fingerprint density at radius 2 is 1.36 bits per heavy atom. The number of carbonyl (C=O) groups excluding carboxylic acids is 1. The second kappa shape index (κ2) is 17.9. The van der Waals surface area contributed by atoms with Gasteiger partial charge in [-0.05, 0) is 6.92 Å². The average molecular weight is 202 g/mol. The number of amides is 1. The number of rotatable bonds is 4. The quantitative estimate of drug-likeness (QED) is 0.687. The zero-order chi connectivity index (χ0) is 12.0. The van der Waals surface area contributed by atoms with E-state index < -0.39 is 0 Å². The molecule has 0 fully saturated rings. The SMILES string of the molecule is C=C(C)NCCNC(C)=O.CC.CC. The number of nitrogens with one attached hydrogen (secondary N) is 2. The van der Waals surface area contributed by atoms with Gasteiger partial charge in [0, 0.05) is 25.7 Å². The van der Waals surface area contributed by atoms with Crippen LogP contribution in [0.25, 0.3) is 0 Å². The Balaban J connectivity index is -0.000000266. The highest BCUT2D eigenvalue weighted by Gasteiger charge is 1.88. The van der Waals surface area contributed by atoms with E-state index in [0.717, 1.165) is 12.2 Å². The van der Waals surface area contributed by atoms with Gasteiger partial charge in [0.15, 0.2) is 0 Å². The van der Waals surface area contributed by atoms with Crippen LogP contribution in [0.15, 0.2) is 12.3 Å². The minimum absolute atomic E-state index is 0.00325. The van der Waals surface area contributed by atoms with Gasteiger partial charge in [-0.1, -0.05) is 34.3 Å². The number of allylic oxidation sites excluding steroid dienone is 1. The van der Waals surface area contributed by atoms with Crippen LogP contribution in [0.4, 0.5) is 0 Å². The first-order valence-corrected chi connectivity index (χ1v) is 5.26. The molecule has 0 saturated heterocycles. The van der Waals surface area contributed by atoms with Crippen molar-refractivity contribution < 1.29 is 4.79 Å². The van der Waals surface area contributed by atoms with Crippen LogP contribution in [-0.4, -0.2) is 19.0 Å². The Kier molecular flexibility index (Phi) is 24.0. The minimum Gasteiger partial charge on any atom is -0.387 e. The molecule has 0 heterocycles. The molecule has 3 heteroatoms. The molecule has 3 nitrogen and oxygen atoms in total. The second-order valence-electron chi connectivity index (χ2n) is 2.19. The predicted octanol–water partition coefficient (Wildman–Crippen LogP) is 2.30. The molecular weight excluding hydrogens is 176 g/mol. The maximum absolute atomic E-state index is 10.3. The molecule has 0 atom stereocenters. The van der Waals surface area contributed by atoms with Crippen LogP contribution in [0.1, 0.15) is 41.5 Å². The summed E-state index contributed by atoms with van der Waals surface area (Å²) in [4.78, 5) is 10.3. The lowest BCUT2D eigenvalue weighted by Gasteiger charge is -2.04. The van der Waals surface area contributed by atoms with Crippen LogP contribution in [0, 0.1) is 0 Å². The zero-order valence-corrected chi connectivity index (χ0v) is 10.5. The fourth-order valence-electron chi connectivity index (χ4n) is 0.514. The highest BCUT2D eigenvalue weighted by Crippen LogP contribution is 1.74. The molecule has 0 aliphatic rings. The largest absolute Gasteiger partial charge is 0.387 e. The van der Waals surface area contributed by atoms with Crippen LogP contribution in [0.2, 0.25) is 0 Å². The van der Waals surface area contributed by atoms with E-state index in [1.54, 1.807) is 0 Å². The maximum atomic E-state index is 10.3. The Hall–Kier alpha value is -0.990. The van der Waals surface area contributed by atoms with Gasteiger partial charge in [-0.15, -0.1) is 0 Å². The minimum atomic E-state index is 0.00325. The molecule has 0 spiro atoms. The third kappa shape index (κ3) is 30.5. The van der Waals surface area contributed by atoms with E-state index in [-0.39, 0.29) is 5.91 Å². The van der Waals surface area contributed by atoms with E-state index >= 15 is 0 Å². The van der Waals surface area contributed by atoms with Gasteiger partial charge in [0.05, 0.1) is 0 Å². The van der Waals surface area contributed by atoms with Crippen molar-refractivity contribution in [3.63, 3.8) is 0 Å². The molecule has 0 aliphatic heterocycles. The third-order valence-electron chi connectivity index (χ3n) is 0.926. The Bertz CT molecular complexity index is 117. The summed E-state index contributed by atoms with van der Waals surface area (Å²) in [7, 11) is 0. The van der Waals surface area contributed by atoms with Crippen molar-refractivity contribution in [3.8, 4) is 0 Å². The van der Waals surface area contributed by atoms with Gasteiger partial charge in [0.25, 0.3) is 0 Å². The highest BCUT2D eigenvalue weighted by atomic mass is 16.1. The number of hydrogen-bond donors (Lipinski definition) is 2. The molecule has 0 aliphatic carbocycles. The van der Waals surface area contributed by atoms with Gasteiger partial charge >= 0.3 is 0 Å². The van der Waals surface area contributed by atoms with E-state index in [1.165, 1.54) is 6.92 Å². The van der Waals surface area contributed by atoms with Crippen LogP contribution >= 0.6 is 0 Å². The van der Waals surface area contributed by atoms with Gasteiger partial charge < -0.3 is 10.6 Å². The molecule has 0 aromatic carbocycles. The lowest BCUT2D eigenvalue weighted by molar-refractivity contribution is -0.118. The average Bonchev–Trinajstić information content (AvgIpc) is 2.18. The van der Waals surface area contributed by atoms with Crippen molar-refractivity contribution >= 4 is 5.91 Å². The van der Waals surface area contributed by atoms with Crippen molar-refractivity contribution in [1.82, 2.24) is 10.6 Å². The molecule has 0 unspecified atom stereocenters. The predicted molar refractivity (Wildman–Crippen MR) is 64.2 cm³/mol. The molecule has 0 rings (SSSR count). The lowest BCUT2D eigenvalue weighted by Crippen LogP contribution is -2.29. The van der Waals surface area contributed by atoms with E-state index in [0.29, 0.717) is 6.54 Å². The molecule has 1 amide bonds.